The molecule has 3 N–H and O–H groups in total. The minimum absolute atomic E-state index is 0.0156. The standard InChI is InChI=1S/C11H15N3O4/c1-18-10(6-12)11(15)13-7-8-2-4-9(5-3-8)14(16)17/h2-5,10H,6-7,12H2,1H3,(H,13,15). The monoisotopic (exact) mass is 253 g/mol. The lowest BCUT2D eigenvalue weighted by Gasteiger charge is -2.12. The Bertz CT molecular complexity index is 415. The number of benzene rings is 1. The number of methoxy groups -OCH3 is 1. The summed E-state index contributed by atoms with van der Waals surface area (Å²) >= 11 is 0. The van der Waals surface area contributed by atoms with Gasteiger partial charge in [0, 0.05) is 32.3 Å². The highest BCUT2D eigenvalue weighted by molar-refractivity contribution is 5.80. The average Bonchev–Trinajstić information content (AvgIpc) is 2.38. The van der Waals surface area contributed by atoms with Gasteiger partial charge in [-0.3, -0.25) is 14.9 Å². The lowest BCUT2D eigenvalue weighted by Crippen LogP contribution is -2.40. The van der Waals surface area contributed by atoms with E-state index >= 15 is 0 Å². The Morgan fingerprint density at radius 3 is 2.56 bits per heavy atom. The van der Waals surface area contributed by atoms with E-state index in [1.807, 2.05) is 0 Å². The van der Waals surface area contributed by atoms with Crippen molar-refractivity contribution < 1.29 is 14.5 Å². The maximum Gasteiger partial charge on any atom is 0.269 e. The number of carbonyl (C=O) groups excluding carboxylic acids is 1. The van der Waals surface area contributed by atoms with Crippen LogP contribution in [0.15, 0.2) is 24.3 Å². The van der Waals surface area contributed by atoms with Gasteiger partial charge >= 0.3 is 0 Å². The maximum atomic E-state index is 11.5. The first kappa shape index (κ1) is 14.1. The SMILES string of the molecule is COC(CN)C(=O)NCc1ccc([N+](=O)[O-])cc1. The number of nitrogens with two attached hydrogens (primary N) is 1. The molecule has 0 spiro atoms. The number of nitro benzene ring substituents is 1. The summed E-state index contributed by atoms with van der Waals surface area (Å²) in [6, 6.07) is 5.95. The summed E-state index contributed by atoms with van der Waals surface area (Å²) in [7, 11) is 1.41. The summed E-state index contributed by atoms with van der Waals surface area (Å²) < 4.78 is 4.87. The van der Waals surface area contributed by atoms with Crippen LogP contribution in [0.1, 0.15) is 5.56 Å². The molecule has 0 saturated carbocycles. The van der Waals surface area contributed by atoms with Crippen molar-refractivity contribution in [2.45, 2.75) is 12.6 Å². The van der Waals surface area contributed by atoms with Crippen LogP contribution in [0.4, 0.5) is 5.69 Å². The van der Waals surface area contributed by atoms with E-state index in [0.717, 1.165) is 5.56 Å². The number of ether oxygens (including phenoxy) is 1. The van der Waals surface area contributed by atoms with Crippen LogP contribution in [-0.2, 0) is 16.1 Å². The fourth-order valence-electron chi connectivity index (χ4n) is 1.35. The number of non-ortho nitro benzene ring substituents is 1. The number of carbonyl (C=O) groups is 1. The van der Waals surface area contributed by atoms with Gasteiger partial charge in [-0.15, -0.1) is 0 Å². The van der Waals surface area contributed by atoms with Crippen molar-refractivity contribution >= 4 is 11.6 Å². The average molecular weight is 253 g/mol. The van der Waals surface area contributed by atoms with Crippen LogP contribution in [0.2, 0.25) is 0 Å². The number of nitrogens with one attached hydrogen (secondary N) is 1. The number of nitro groups is 1. The fourth-order valence-corrected chi connectivity index (χ4v) is 1.35. The molecule has 1 rings (SSSR count). The van der Waals surface area contributed by atoms with E-state index in [9.17, 15) is 14.9 Å². The molecular weight excluding hydrogens is 238 g/mol. The third-order valence-corrected chi connectivity index (χ3v) is 2.40. The van der Waals surface area contributed by atoms with E-state index in [0.29, 0.717) is 0 Å². The molecule has 1 unspecified atom stereocenters. The molecule has 0 radical (unpaired) electrons. The molecule has 0 aromatic heterocycles. The molecule has 1 aromatic rings. The van der Waals surface area contributed by atoms with Crippen LogP contribution >= 0.6 is 0 Å². The first-order valence-corrected chi connectivity index (χ1v) is 5.32. The first-order chi connectivity index (χ1) is 8.58. The Kier molecular flexibility index (Phi) is 5.22. The summed E-state index contributed by atoms with van der Waals surface area (Å²) in [4.78, 5) is 21.5. The summed E-state index contributed by atoms with van der Waals surface area (Å²) in [6.45, 7) is 0.374. The summed E-state index contributed by atoms with van der Waals surface area (Å²) in [5.41, 5.74) is 6.13. The molecule has 18 heavy (non-hydrogen) atoms. The number of amides is 1. The molecule has 98 valence electrons. The van der Waals surface area contributed by atoms with Crippen molar-refractivity contribution in [1.29, 1.82) is 0 Å². The molecule has 0 fully saturated rings. The summed E-state index contributed by atoms with van der Waals surface area (Å²) in [5.74, 6) is -0.307. The van der Waals surface area contributed by atoms with Crippen molar-refractivity contribution in [3.8, 4) is 0 Å². The zero-order valence-electron chi connectivity index (χ0n) is 9.96. The molecule has 0 aliphatic heterocycles. The van der Waals surface area contributed by atoms with Gasteiger partial charge in [0.25, 0.3) is 11.6 Å². The van der Waals surface area contributed by atoms with E-state index in [1.165, 1.54) is 19.2 Å². The Labute approximate surface area is 104 Å². The Hall–Kier alpha value is -1.99. The second-order valence-corrected chi connectivity index (χ2v) is 3.60. The van der Waals surface area contributed by atoms with Gasteiger partial charge in [-0.25, -0.2) is 0 Å². The predicted molar refractivity (Wildman–Crippen MR) is 64.8 cm³/mol. The largest absolute Gasteiger partial charge is 0.370 e. The predicted octanol–water partition coefficient (Wildman–Crippen LogP) is 0.185. The van der Waals surface area contributed by atoms with Gasteiger partial charge in [0.1, 0.15) is 6.10 Å². The zero-order valence-corrected chi connectivity index (χ0v) is 9.96. The van der Waals surface area contributed by atoms with Crippen molar-refractivity contribution in [3.05, 3.63) is 39.9 Å². The Morgan fingerprint density at radius 2 is 2.11 bits per heavy atom. The van der Waals surface area contributed by atoms with Gasteiger partial charge < -0.3 is 15.8 Å². The maximum absolute atomic E-state index is 11.5. The molecule has 0 aliphatic rings. The summed E-state index contributed by atoms with van der Waals surface area (Å²) in [5, 5.41) is 13.1. The first-order valence-electron chi connectivity index (χ1n) is 5.32. The molecule has 1 aromatic carbocycles. The molecule has 0 bridgehead atoms. The van der Waals surface area contributed by atoms with E-state index < -0.39 is 11.0 Å². The topological polar surface area (TPSA) is 107 Å². The minimum atomic E-state index is -0.678. The molecule has 1 atom stereocenters. The molecule has 0 aliphatic carbocycles. The second-order valence-electron chi connectivity index (χ2n) is 3.60. The third-order valence-electron chi connectivity index (χ3n) is 2.40. The van der Waals surface area contributed by atoms with E-state index in [2.05, 4.69) is 5.32 Å². The number of hydrogen-bond donors (Lipinski definition) is 2. The van der Waals surface area contributed by atoms with Crippen LogP contribution in [0.25, 0.3) is 0 Å². The Balaban J connectivity index is 2.53. The van der Waals surface area contributed by atoms with Gasteiger partial charge in [-0.1, -0.05) is 12.1 Å². The molecule has 0 heterocycles. The number of rotatable bonds is 6. The zero-order chi connectivity index (χ0) is 13.5. The molecule has 7 nitrogen and oxygen atoms in total. The van der Waals surface area contributed by atoms with Gasteiger partial charge in [0.15, 0.2) is 0 Å². The minimum Gasteiger partial charge on any atom is -0.370 e. The van der Waals surface area contributed by atoms with Gasteiger partial charge in [-0.2, -0.15) is 0 Å². The van der Waals surface area contributed by atoms with Crippen molar-refractivity contribution in [1.82, 2.24) is 5.32 Å². The van der Waals surface area contributed by atoms with E-state index in [-0.39, 0.29) is 24.7 Å². The number of hydrogen-bond acceptors (Lipinski definition) is 5. The highest BCUT2D eigenvalue weighted by atomic mass is 16.6. The molecule has 1 amide bonds. The second kappa shape index (κ2) is 6.67. The van der Waals surface area contributed by atoms with Crippen LogP contribution < -0.4 is 11.1 Å². The smallest absolute Gasteiger partial charge is 0.269 e. The Morgan fingerprint density at radius 1 is 1.50 bits per heavy atom. The van der Waals surface area contributed by atoms with Crippen LogP contribution in [0, 0.1) is 10.1 Å². The normalized spacial score (nSPS) is 11.9. The van der Waals surface area contributed by atoms with Crippen LogP contribution in [0.3, 0.4) is 0 Å². The summed E-state index contributed by atoms with van der Waals surface area (Å²) in [6.07, 6.45) is -0.678. The molecular formula is C11H15N3O4. The van der Waals surface area contributed by atoms with Crippen LogP contribution in [-0.4, -0.2) is 30.6 Å². The van der Waals surface area contributed by atoms with E-state index in [1.54, 1.807) is 12.1 Å². The lowest BCUT2D eigenvalue weighted by atomic mass is 10.2. The number of nitrogens with zero attached hydrogens (tertiary/aromatic N) is 1. The quantitative estimate of drug-likeness (QED) is 0.555. The van der Waals surface area contributed by atoms with Gasteiger partial charge in [-0.05, 0) is 5.56 Å². The van der Waals surface area contributed by atoms with Crippen molar-refractivity contribution in [2.75, 3.05) is 13.7 Å². The van der Waals surface area contributed by atoms with E-state index in [4.69, 9.17) is 10.5 Å². The fraction of sp³-hybridized carbons (Fsp3) is 0.364. The van der Waals surface area contributed by atoms with Gasteiger partial charge in [0.2, 0.25) is 0 Å². The van der Waals surface area contributed by atoms with Crippen molar-refractivity contribution in [3.63, 3.8) is 0 Å². The molecule has 0 saturated heterocycles. The third kappa shape index (κ3) is 3.79. The highest BCUT2D eigenvalue weighted by Crippen LogP contribution is 2.11. The van der Waals surface area contributed by atoms with Gasteiger partial charge in [0.05, 0.1) is 4.92 Å². The van der Waals surface area contributed by atoms with Crippen molar-refractivity contribution in [2.24, 2.45) is 5.73 Å². The lowest BCUT2D eigenvalue weighted by molar-refractivity contribution is -0.384. The highest BCUT2D eigenvalue weighted by Gasteiger charge is 2.14. The molecule has 7 heteroatoms. The van der Waals surface area contributed by atoms with Crippen LogP contribution in [0.5, 0.6) is 0 Å².